The highest BCUT2D eigenvalue weighted by Crippen LogP contribution is 2.12. The number of benzene rings is 2. The number of rotatable bonds is 4. The van der Waals surface area contributed by atoms with Crippen LogP contribution in [0.3, 0.4) is 0 Å². The second-order valence-electron chi connectivity index (χ2n) is 4.99. The Morgan fingerprint density at radius 3 is 2.57 bits per heavy atom. The molecule has 0 fully saturated rings. The third kappa shape index (κ3) is 4.44. The lowest BCUT2D eigenvalue weighted by Crippen LogP contribution is -1.95. The van der Waals surface area contributed by atoms with E-state index in [0.29, 0.717) is 12.1 Å². The van der Waals surface area contributed by atoms with Crippen LogP contribution < -0.4 is 5.73 Å². The molecule has 2 aromatic rings. The van der Waals surface area contributed by atoms with E-state index in [4.69, 9.17) is 5.73 Å². The summed E-state index contributed by atoms with van der Waals surface area (Å²) in [7, 11) is 0. The molecule has 0 saturated carbocycles. The van der Waals surface area contributed by atoms with Crippen molar-refractivity contribution in [3.8, 4) is 11.8 Å². The molecule has 0 aromatic heterocycles. The van der Waals surface area contributed by atoms with Crippen molar-refractivity contribution in [1.82, 2.24) is 0 Å². The van der Waals surface area contributed by atoms with Gasteiger partial charge in [0.2, 0.25) is 0 Å². The molecule has 107 valence electrons. The Morgan fingerprint density at radius 1 is 1.14 bits per heavy atom. The van der Waals surface area contributed by atoms with Crippen LogP contribution in [0.25, 0.3) is 0 Å². The molecule has 2 heteroatoms. The quantitative estimate of drug-likeness (QED) is 0.846. The number of hydrogen-bond donors (Lipinski definition) is 1. The summed E-state index contributed by atoms with van der Waals surface area (Å²) in [6.45, 7) is 2.65. The number of halogens is 1. The lowest BCUT2D eigenvalue weighted by molar-refractivity contribution is 0.620. The first-order valence-corrected chi connectivity index (χ1v) is 7.24. The molecule has 0 saturated heterocycles. The van der Waals surface area contributed by atoms with Crippen molar-refractivity contribution in [3.63, 3.8) is 0 Å². The zero-order chi connectivity index (χ0) is 15.1. The smallest absolute Gasteiger partial charge is 0.146 e. The topological polar surface area (TPSA) is 26.0 Å². The van der Waals surface area contributed by atoms with Crippen molar-refractivity contribution in [3.05, 3.63) is 70.5 Å². The predicted molar refractivity (Wildman–Crippen MR) is 84.2 cm³/mol. The number of aryl methyl sites for hydroxylation is 1. The molecule has 0 amide bonds. The lowest BCUT2D eigenvalue weighted by atomic mass is 10.0. The van der Waals surface area contributed by atoms with Gasteiger partial charge in [-0.3, -0.25) is 0 Å². The largest absolute Gasteiger partial charge is 0.326 e. The van der Waals surface area contributed by atoms with Crippen LogP contribution >= 0.6 is 0 Å². The molecule has 0 aliphatic rings. The van der Waals surface area contributed by atoms with E-state index >= 15 is 0 Å². The van der Waals surface area contributed by atoms with Crippen LogP contribution in [-0.4, -0.2) is 0 Å². The SMILES string of the molecule is CCCCc1c[c]c(F)c(C#Cc2ccc(CN)cc2)c1. The van der Waals surface area contributed by atoms with Crippen molar-refractivity contribution in [2.24, 2.45) is 5.73 Å². The Morgan fingerprint density at radius 2 is 1.90 bits per heavy atom. The van der Waals surface area contributed by atoms with Crippen LogP contribution in [0.15, 0.2) is 36.4 Å². The van der Waals surface area contributed by atoms with Gasteiger partial charge >= 0.3 is 0 Å². The summed E-state index contributed by atoms with van der Waals surface area (Å²) in [5.41, 5.74) is 8.95. The highest BCUT2D eigenvalue weighted by Gasteiger charge is 2.01. The first kappa shape index (κ1) is 15.3. The standard InChI is InChI=1S/C19H19FN/c1-2-3-4-16-10-12-19(20)18(13-16)11-9-15-5-7-17(14-21)8-6-15/h5-8,10,13H,2-4,14,21H2,1H3. The van der Waals surface area contributed by atoms with Gasteiger partial charge in [-0.15, -0.1) is 0 Å². The van der Waals surface area contributed by atoms with Gasteiger partial charge in [-0.1, -0.05) is 37.3 Å². The number of hydrogen-bond acceptors (Lipinski definition) is 1. The zero-order valence-corrected chi connectivity index (χ0v) is 12.2. The molecule has 2 N–H and O–H groups in total. The van der Waals surface area contributed by atoms with E-state index < -0.39 is 0 Å². The molecule has 1 radical (unpaired) electrons. The molecule has 0 aliphatic carbocycles. The minimum Gasteiger partial charge on any atom is -0.326 e. The number of unbranched alkanes of at least 4 members (excludes halogenated alkanes) is 1. The molecule has 0 heterocycles. The Labute approximate surface area is 126 Å². The molecule has 21 heavy (non-hydrogen) atoms. The third-order valence-electron chi connectivity index (χ3n) is 3.30. The molecule has 1 nitrogen and oxygen atoms in total. The van der Waals surface area contributed by atoms with Crippen LogP contribution in [0.5, 0.6) is 0 Å². The van der Waals surface area contributed by atoms with E-state index in [9.17, 15) is 4.39 Å². The minimum atomic E-state index is -0.388. The fraction of sp³-hybridized carbons (Fsp3) is 0.263. The van der Waals surface area contributed by atoms with Crippen molar-refractivity contribution < 1.29 is 4.39 Å². The van der Waals surface area contributed by atoms with Gasteiger partial charge in [-0.05, 0) is 48.2 Å². The van der Waals surface area contributed by atoms with Crippen molar-refractivity contribution in [2.75, 3.05) is 0 Å². The second kappa shape index (κ2) is 7.61. The summed E-state index contributed by atoms with van der Waals surface area (Å²) in [5, 5.41) is 0. The van der Waals surface area contributed by atoms with Gasteiger partial charge in [0.15, 0.2) is 0 Å². The minimum absolute atomic E-state index is 0.388. The van der Waals surface area contributed by atoms with Crippen molar-refractivity contribution >= 4 is 0 Å². The van der Waals surface area contributed by atoms with Gasteiger partial charge in [0.05, 0.1) is 5.56 Å². The molecule has 0 atom stereocenters. The summed E-state index contributed by atoms with van der Waals surface area (Å²) in [5.74, 6) is 5.49. The molecule has 2 rings (SSSR count). The summed E-state index contributed by atoms with van der Waals surface area (Å²) >= 11 is 0. The summed E-state index contributed by atoms with van der Waals surface area (Å²) in [6.07, 6.45) is 3.14. The maximum atomic E-state index is 13.7. The van der Waals surface area contributed by atoms with Gasteiger partial charge in [0, 0.05) is 18.2 Å². The Bertz CT molecular complexity index is 648. The van der Waals surface area contributed by atoms with E-state index in [-0.39, 0.29) is 5.82 Å². The average Bonchev–Trinajstić information content (AvgIpc) is 2.53. The van der Waals surface area contributed by atoms with E-state index in [0.717, 1.165) is 36.0 Å². The van der Waals surface area contributed by atoms with Crippen LogP contribution in [0.4, 0.5) is 4.39 Å². The fourth-order valence-electron chi connectivity index (χ4n) is 2.00. The van der Waals surface area contributed by atoms with Gasteiger partial charge in [0.25, 0.3) is 0 Å². The number of nitrogens with two attached hydrogens (primary N) is 1. The second-order valence-corrected chi connectivity index (χ2v) is 4.99. The van der Waals surface area contributed by atoms with Crippen molar-refractivity contribution in [2.45, 2.75) is 32.7 Å². The van der Waals surface area contributed by atoms with E-state index in [2.05, 4.69) is 24.8 Å². The van der Waals surface area contributed by atoms with Crippen LogP contribution in [0, 0.1) is 23.7 Å². The Balaban J connectivity index is 2.19. The Hall–Kier alpha value is -2.11. The fourth-order valence-corrected chi connectivity index (χ4v) is 2.00. The lowest BCUT2D eigenvalue weighted by Gasteiger charge is -2.01. The highest BCUT2D eigenvalue weighted by atomic mass is 19.1. The third-order valence-corrected chi connectivity index (χ3v) is 3.30. The first-order valence-electron chi connectivity index (χ1n) is 7.24. The predicted octanol–water partition coefficient (Wildman–Crippen LogP) is 3.83. The molecule has 0 aliphatic heterocycles. The monoisotopic (exact) mass is 280 g/mol. The van der Waals surface area contributed by atoms with Gasteiger partial charge in [-0.25, -0.2) is 4.39 Å². The highest BCUT2D eigenvalue weighted by molar-refractivity contribution is 5.45. The zero-order valence-electron chi connectivity index (χ0n) is 12.2. The summed E-state index contributed by atoms with van der Waals surface area (Å²) < 4.78 is 13.7. The van der Waals surface area contributed by atoms with Crippen LogP contribution in [0.1, 0.15) is 42.0 Å². The summed E-state index contributed by atoms with van der Waals surface area (Å²) in [6, 6.07) is 13.9. The van der Waals surface area contributed by atoms with E-state index in [1.54, 1.807) is 6.07 Å². The summed E-state index contributed by atoms with van der Waals surface area (Å²) in [4.78, 5) is 0. The average molecular weight is 280 g/mol. The molecule has 0 spiro atoms. The van der Waals surface area contributed by atoms with E-state index in [1.807, 2.05) is 30.3 Å². The first-order chi connectivity index (χ1) is 10.2. The molecule has 0 bridgehead atoms. The molecular formula is C19H19FN. The molecule has 2 aromatic carbocycles. The van der Waals surface area contributed by atoms with Gasteiger partial charge in [0.1, 0.15) is 5.82 Å². The maximum absolute atomic E-state index is 13.7. The van der Waals surface area contributed by atoms with Gasteiger partial charge in [-0.2, -0.15) is 0 Å². The van der Waals surface area contributed by atoms with Crippen molar-refractivity contribution in [1.29, 1.82) is 0 Å². The Kier molecular flexibility index (Phi) is 5.54. The van der Waals surface area contributed by atoms with Crippen LogP contribution in [0.2, 0.25) is 0 Å². The maximum Gasteiger partial charge on any atom is 0.146 e. The normalized spacial score (nSPS) is 10.0. The van der Waals surface area contributed by atoms with E-state index in [1.165, 1.54) is 0 Å². The van der Waals surface area contributed by atoms with Gasteiger partial charge < -0.3 is 5.73 Å². The molecular weight excluding hydrogens is 261 g/mol. The van der Waals surface area contributed by atoms with Crippen LogP contribution in [-0.2, 0) is 13.0 Å². The molecule has 0 unspecified atom stereocenters.